The normalized spacial score (nSPS) is 9.38. The molecule has 0 fully saturated rings. The van der Waals surface area contributed by atoms with E-state index >= 15 is 0 Å². The Morgan fingerprint density at radius 3 is 1.65 bits per heavy atom. The summed E-state index contributed by atoms with van der Waals surface area (Å²) in [6, 6.07) is 5.99. The summed E-state index contributed by atoms with van der Waals surface area (Å²) in [6.07, 6.45) is 2.63. The molecule has 2 heterocycles. The lowest BCUT2D eigenvalue weighted by molar-refractivity contribution is 0.0581. The van der Waals surface area contributed by atoms with Crippen molar-refractivity contribution < 1.29 is 33.7 Å². The average molecular weight is 362 g/mol. The number of aliphatic hydroxyl groups is 1. The minimum atomic E-state index is -0.540. The van der Waals surface area contributed by atoms with Crippen LogP contribution in [0.25, 0.3) is 0 Å². The van der Waals surface area contributed by atoms with Crippen LogP contribution in [0, 0.1) is 0 Å². The Morgan fingerprint density at radius 1 is 0.808 bits per heavy atom. The predicted octanol–water partition coefficient (Wildman–Crippen LogP) is 1.02. The van der Waals surface area contributed by atoms with Gasteiger partial charge in [-0.1, -0.05) is 0 Å². The zero-order valence-electron chi connectivity index (χ0n) is 14.5. The van der Waals surface area contributed by atoms with Crippen LogP contribution in [-0.4, -0.2) is 54.3 Å². The van der Waals surface area contributed by atoms with Crippen molar-refractivity contribution in [3.8, 4) is 0 Å². The van der Waals surface area contributed by atoms with Gasteiger partial charge in [0.25, 0.3) is 0 Å². The van der Waals surface area contributed by atoms with Crippen molar-refractivity contribution in [2.24, 2.45) is 0 Å². The van der Waals surface area contributed by atoms with E-state index in [-0.39, 0.29) is 12.3 Å². The highest BCUT2D eigenvalue weighted by atomic mass is 16.5. The second kappa shape index (κ2) is 10.5. The van der Waals surface area contributed by atoms with Gasteiger partial charge < -0.3 is 19.3 Å². The zero-order chi connectivity index (χ0) is 19.5. The van der Waals surface area contributed by atoms with Gasteiger partial charge in [-0.05, 0) is 24.3 Å². The quantitative estimate of drug-likeness (QED) is 0.626. The molecule has 0 aliphatic heterocycles. The highest BCUT2D eigenvalue weighted by Crippen LogP contribution is 2.03. The van der Waals surface area contributed by atoms with E-state index in [1.165, 1.54) is 45.9 Å². The molecule has 0 saturated carbocycles. The van der Waals surface area contributed by atoms with E-state index in [1.54, 1.807) is 12.1 Å². The van der Waals surface area contributed by atoms with E-state index in [0.717, 1.165) is 0 Å². The fourth-order valence-electron chi connectivity index (χ4n) is 1.61. The van der Waals surface area contributed by atoms with Crippen LogP contribution in [0.2, 0.25) is 0 Å². The minimum absolute atomic E-state index is 0.124. The zero-order valence-corrected chi connectivity index (χ0v) is 14.5. The Bertz CT molecular complexity index is 708. The molecule has 2 aromatic heterocycles. The van der Waals surface area contributed by atoms with Crippen molar-refractivity contribution in [2.75, 3.05) is 21.3 Å². The van der Waals surface area contributed by atoms with Crippen molar-refractivity contribution in [1.82, 2.24) is 9.97 Å². The van der Waals surface area contributed by atoms with Crippen molar-refractivity contribution in [3.63, 3.8) is 0 Å². The smallest absolute Gasteiger partial charge is 0.356 e. The molecular formula is C17H18N2O7. The third kappa shape index (κ3) is 5.95. The number of carbonyl (C=O) groups excluding carboxylic acids is 3. The number of hydrogen-bond donors (Lipinski definition) is 1. The SMILES string of the molecule is COC(=O)c1ccc(C(=O)OC)nc1.COC(=O)c1ccc(CO)nc1. The Hall–Kier alpha value is -3.33. The Morgan fingerprint density at radius 2 is 1.31 bits per heavy atom. The van der Waals surface area contributed by atoms with E-state index in [2.05, 4.69) is 24.2 Å². The number of carbonyl (C=O) groups is 3. The molecule has 9 heteroatoms. The van der Waals surface area contributed by atoms with Gasteiger partial charge in [0.15, 0.2) is 0 Å². The summed E-state index contributed by atoms with van der Waals surface area (Å²) >= 11 is 0. The maximum Gasteiger partial charge on any atom is 0.356 e. The van der Waals surface area contributed by atoms with Gasteiger partial charge in [0.05, 0.1) is 44.8 Å². The molecule has 0 unspecified atom stereocenters. The first-order valence-corrected chi connectivity index (χ1v) is 7.23. The maximum absolute atomic E-state index is 11.0. The van der Waals surface area contributed by atoms with Crippen LogP contribution >= 0.6 is 0 Å². The first-order valence-electron chi connectivity index (χ1n) is 7.23. The van der Waals surface area contributed by atoms with Crippen molar-refractivity contribution in [1.29, 1.82) is 0 Å². The molecule has 2 rings (SSSR count). The molecule has 0 aliphatic carbocycles. The third-order valence-corrected chi connectivity index (χ3v) is 2.99. The van der Waals surface area contributed by atoms with Crippen LogP contribution in [0.3, 0.4) is 0 Å². The number of pyridine rings is 2. The molecule has 1 N–H and O–H groups in total. The lowest BCUT2D eigenvalue weighted by Crippen LogP contribution is -2.07. The molecule has 0 aliphatic rings. The van der Waals surface area contributed by atoms with E-state index in [0.29, 0.717) is 16.8 Å². The van der Waals surface area contributed by atoms with Crippen molar-refractivity contribution >= 4 is 17.9 Å². The van der Waals surface area contributed by atoms with Gasteiger partial charge in [-0.15, -0.1) is 0 Å². The molecule has 0 aromatic carbocycles. The standard InChI is InChI=1S/C9H9NO4.C8H9NO3/c1-13-8(11)6-3-4-7(10-5-6)9(12)14-2;1-12-8(11)6-2-3-7(5-10)9-4-6/h3-5H,1-2H3;2-4,10H,5H2,1H3. The van der Waals surface area contributed by atoms with E-state index in [1.807, 2.05) is 0 Å². The number of hydrogen-bond acceptors (Lipinski definition) is 9. The molecule has 0 saturated heterocycles. The highest BCUT2D eigenvalue weighted by molar-refractivity contribution is 5.91. The number of rotatable bonds is 4. The molecule has 9 nitrogen and oxygen atoms in total. The summed E-state index contributed by atoms with van der Waals surface area (Å²) in [4.78, 5) is 40.4. The summed E-state index contributed by atoms with van der Waals surface area (Å²) < 4.78 is 13.4. The topological polar surface area (TPSA) is 125 Å². The van der Waals surface area contributed by atoms with Crippen LogP contribution in [0.1, 0.15) is 36.9 Å². The van der Waals surface area contributed by atoms with Gasteiger partial charge in [0.2, 0.25) is 0 Å². The lowest BCUT2D eigenvalue weighted by atomic mass is 10.2. The van der Waals surface area contributed by atoms with Crippen molar-refractivity contribution in [3.05, 3.63) is 59.2 Å². The second-order valence-electron chi connectivity index (χ2n) is 4.60. The Balaban J connectivity index is 0.000000263. The monoisotopic (exact) mass is 362 g/mol. The van der Waals surface area contributed by atoms with E-state index in [9.17, 15) is 14.4 Å². The largest absolute Gasteiger partial charge is 0.465 e. The highest BCUT2D eigenvalue weighted by Gasteiger charge is 2.09. The Labute approximate surface area is 149 Å². The van der Waals surface area contributed by atoms with Crippen LogP contribution < -0.4 is 0 Å². The molecule has 0 radical (unpaired) electrons. The van der Waals surface area contributed by atoms with Gasteiger partial charge in [0.1, 0.15) is 5.69 Å². The Kier molecular flexibility index (Phi) is 8.38. The van der Waals surface area contributed by atoms with E-state index < -0.39 is 17.9 Å². The van der Waals surface area contributed by atoms with E-state index in [4.69, 9.17) is 5.11 Å². The summed E-state index contributed by atoms with van der Waals surface area (Å²) in [5.41, 5.74) is 1.36. The summed E-state index contributed by atoms with van der Waals surface area (Å²) in [5.74, 6) is -1.46. The summed E-state index contributed by atoms with van der Waals surface area (Å²) in [5, 5.41) is 8.65. The van der Waals surface area contributed by atoms with Crippen LogP contribution in [0.5, 0.6) is 0 Å². The van der Waals surface area contributed by atoms with Gasteiger partial charge in [-0.3, -0.25) is 4.98 Å². The summed E-state index contributed by atoms with van der Waals surface area (Å²) in [6.45, 7) is -0.124. The van der Waals surface area contributed by atoms with Crippen LogP contribution in [-0.2, 0) is 20.8 Å². The molecule has 2 aromatic rings. The number of aliphatic hydroxyl groups excluding tert-OH is 1. The van der Waals surface area contributed by atoms with Gasteiger partial charge in [-0.25, -0.2) is 19.4 Å². The van der Waals surface area contributed by atoms with Gasteiger partial charge in [-0.2, -0.15) is 0 Å². The number of aromatic nitrogens is 2. The molecular weight excluding hydrogens is 344 g/mol. The summed E-state index contributed by atoms with van der Waals surface area (Å²) in [7, 11) is 3.84. The number of esters is 3. The average Bonchev–Trinajstić information content (AvgIpc) is 2.72. The fourth-order valence-corrected chi connectivity index (χ4v) is 1.61. The number of methoxy groups -OCH3 is 3. The first-order chi connectivity index (χ1) is 12.5. The molecule has 138 valence electrons. The molecule has 0 bridgehead atoms. The minimum Gasteiger partial charge on any atom is -0.465 e. The van der Waals surface area contributed by atoms with Gasteiger partial charge in [0, 0.05) is 12.4 Å². The lowest BCUT2D eigenvalue weighted by Gasteiger charge is -2.00. The predicted molar refractivity (Wildman–Crippen MR) is 88.4 cm³/mol. The number of ether oxygens (including phenoxy) is 3. The molecule has 0 spiro atoms. The molecule has 26 heavy (non-hydrogen) atoms. The fraction of sp³-hybridized carbons (Fsp3) is 0.235. The van der Waals surface area contributed by atoms with Gasteiger partial charge >= 0.3 is 17.9 Å². The third-order valence-electron chi connectivity index (χ3n) is 2.99. The molecule has 0 atom stereocenters. The second-order valence-corrected chi connectivity index (χ2v) is 4.60. The van der Waals surface area contributed by atoms with Crippen LogP contribution in [0.4, 0.5) is 0 Å². The van der Waals surface area contributed by atoms with Crippen LogP contribution in [0.15, 0.2) is 36.7 Å². The first kappa shape index (κ1) is 20.7. The number of nitrogens with zero attached hydrogens (tertiary/aromatic N) is 2. The molecule has 0 amide bonds. The van der Waals surface area contributed by atoms with Crippen molar-refractivity contribution in [2.45, 2.75) is 6.61 Å². The maximum atomic E-state index is 11.0.